The van der Waals surface area contributed by atoms with Gasteiger partial charge in [0.05, 0.1) is 0 Å². The highest BCUT2D eigenvalue weighted by molar-refractivity contribution is 5.47. The van der Waals surface area contributed by atoms with Crippen molar-refractivity contribution in [3.63, 3.8) is 0 Å². The van der Waals surface area contributed by atoms with Crippen LogP contribution in [0.2, 0.25) is 0 Å². The van der Waals surface area contributed by atoms with Crippen LogP contribution in [0.5, 0.6) is 0 Å². The summed E-state index contributed by atoms with van der Waals surface area (Å²) in [6, 6.07) is 8.01. The fraction of sp³-hybridized carbons (Fsp3) is 0.647. The van der Waals surface area contributed by atoms with Crippen LogP contribution >= 0.6 is 0 Å². The van der Waals surface area contributed by atoms with Gasteiger partial charge in [-0.2, -0.15) is 0 Å². The van der Waals surface area contributed by atoms with Crippen molar-refractivity contribution in [3.8, 4) is 0 Å². The molecule has 3 nitrogen and oxygen atoms in total. The standard InChI is InChI=1S/C17H25N3/c18-14-5-6-16-13(11-14)4-7-17(16)20-10-2-9-19-8-1-3-15(19)12-20/h5-6,11,15,17H,1-4,7-10,12,18H2. The zero-order valence-corrected chi connectivity index (χ0v) is 12.2. The van der Waals surface area contributed by atoms with Gasteiger partial charge in [-0.15, -0.1) is 0 Å². The first-order chi connectivity index (χ1) is 9.81. The lowest BCUT2D eigenvalue weighted by molar-refractivity contribution is 0.172. The van der Waals surface area contributed by atoms with E-state index >= 15 is 0 Å². The van der Waals surface area contributed by atoms with E-state index in [1.165, 1.54) is 63.8 Å². The lowest BCUT2D eigenvalue weighted by Gasteiger charge is -2.31. The lowest BCUT2D eigenvalue weighted by atomic mass is 10.1. The highest BCUT2D eigenvalue weighted by Crippen LogP contribution is 2.38. The van der Waals surface area contributed by atoms with E-state index in [9.17, 15) is 0 Å². The molecule has 1 aromatic rings. The predicted octanol–water partition coefficient (Wildman–Crippen LogP) is 2.43. The molecule has 0 radical (unpaired) electrons. The fourth-order valence-electron chi connectivity index (χ4n) is 4.51. The number of fused-ring (bicyclic) bond motifs is 2. The molecule has 20 heavy (non-hydrogen) atoms. The van der Waals surface area contributed by atoms with Crippen LogP contribution in [0.4, 0.5) is 5.69 Å². The van der Waals surface area contributed by atoms with E-state index in [0.717, 1.165) is 11.7 Å². The zero-order valence-electron chi connectivity index (χ0n) is 12.2. The second-order valence-electron chi connectivity index (χ2n) is 6.69. The van der Waals surface area contributed by atoms with Gasteiger partial charge in [0, 0.05) is 30.9 Å². The van der Waals surface area contributed by atoms with Gasteiger partial charge in [0.25, 0.3) is 0 Å². The van der Waals surface area contributed by atoms with Gasteiger partial charge in [-0.3, -0.25) is 9.80 Å². The Balaban J connectivity index is 1.56. The first kappa shape index (κ1) is 12.7. The van der Waals surface area contributed by atoms with Crippen LogP contribution in [0.3, 0.4) is 0 Å². The summed E-state index contributed by atoms with van der Waals surface area (Å²) in [4.78, 5) is 5.48. The number of aryl methyl sites for hydroxylation is 1. The summed E-state index contributed by atoms with van der Waals surface area (Å²) in [7, 11) is 0. The van der Waals surface area contributed by atoms with Crippen molar-refractivity contribution in [2.75, 3.05) is 31.9 Å². The van der Waals surface area contributed by atoms with E-state index in [4.69, 9.17) is 5.73 Å². The van der Waals surface area contributed by atoms with Crippen molar-refractivity contribution in [2.45, 2.75) is 44.2 Å². The Kier molecular flexibility index (Phi) is 3.20. The number of nitrogen functional groups attached to an aromatic ring is 1. The van der Waals surface area contributed by atoms with Crippen LogP contribution in [0.25, 0.3) is 0 Å². The highest BCUT2D eigenvalue weighted by atomic mass is 15.3. The van der Waals surface area contributed by atoms with Crippen LogP contribution in [-0.2, 0) is 6.42 Å². The minimum atomic E-state index is 0.645. The molecule has 0 saturated carbocycles. The van der Waals surface area contributed by atoms with Crippen molar-refractivity contribution in [3.05, 3.63) is 29.3 Å². The van der Waals surface area contributed by atoms with E-state index in [2.05, 4.69) is 28.0 Å². The molecule has 2 N–H and O–H groups in total. The van der Waals surface area contributed by atoms with Gasteiger partial charge in [0.2, 0.25) is 0 Å². The third kappa shape index (κ3) is 2.13. The smallest absolute Gasteiger partial charge is 0.0354 e. The molecule has 4 rings (SSSR count). The SMILES string of the molecule is Nc1ccc2c(c1)CCC2N1CCCN2CCCC2C1. The molecule has 3 aliphatic rings. The van der Waals surface area contributed by atoms with Crippen molar-refractivity contribution < 1.29 is 0 Å². The highest BCUT2D eigenvalue weighted by Gasteiger charge is 2.34. The van der Waals surface area contributed by atoms with Gasteiger partial charge < -0.3 is 5.73 Å². The quantitative estimate of drug-likeness (QED) is 0.796. The molecule has 2 unspecified atom stereocenters. The summed E-state index contributed by atoms with van der Waals surface area (Å²) in [5, 5.41) is 0. The molecule has 0 spiro atoms. The minimum absolute atomic E-state index is 0.645. The first-order valence-corrected chi connectivity index (χ1v) is 8.17. The first-order valence-electron chi connectivity index (χ1n) is 8.17. The van der Waals surface area contributed by atoms with E-state index in [-0.39, 0.29) is 0 Å². The molecule has 108 valence electrons. The summed E-state index contributed by atoms with van der Waals surface area (Å²) in [5.41, 5.74) is 9.88. The maximum atomic E-state index is 5.93. The monoisotopic (exact) mass is 271 g/mol. The molecule has 0 bridgehead atoms. The van der Waals surface area contributed by atoms with E-state index < -0.39 is 0 Å². The molecule has 1 aromatic carbocycles. The normalized spacial score (nSPS) is 31.0. The van der Waals surface area contributed by atoms with Gasteiger partial charge in [-0.1, -0.05) is 6.07 Å². The second-order valence-corrected chi connectivity index (χ2v) is 6.69. The Morgan fingerprint density at radius 3 is 2.80 bits per heavy atom. The number of hydrogen-bond donors (Lipinski definition) is 1. The Morgan fingerprint density at radius 2 is 1.85 bits per heavy atom. The van der Waals surface area contributed by atoms with Crippen LogP contribution in [-0.4, -0.2) is 42.0 Å². The molecular weight excluding hydrogens is 246 g/mol. The van der Waals surface area contributed by atoms with E-state index in [1.54, 1.807) is 5.56 Å². The maximum absolute atomic E-state index is 5.93. The topological polar surface area (TPSA) is 32.5 Å². The van der Waals surface area contributed by atoms with Gasteiger partial charge in [-0.25, -0.2) is 0 Å². The molecule has 1 aliphatic carbocycles. The Hall–Kier alpha value is -1.06. The molecule has 0 aromatic heterocycles. The summed E-state index contributed by atoms with van der Waals surface area (Å²) >= 11 is 0. The molecule has 2 saturated heterocycles. The second kappa shape index (κ2) is 5.05. The van der Waals surface area contributed by atoms with Crippen LogP contribution in [0, 0.1) is 0 Å². The average molecular weight is 271 g/mol. The molecule has 2 fully saturated rings. The number of anilines is 1. The minimum Gasteiger partial charge on any atom is -0.399 e. The van der Waals surface area contributed by atoms with Gasteiger partial charge >= 0.3 is 0 Å². The third-order valence-corrected chi connectivity index (χ3v) is 5.49. The molecule has 3 heteroatoms. The van der Waals surface area contributed by atoms with Crippen LogP contribution in [0.1, 0.15) is 42.9 Å². The molecule has 2 heterocycles. The van der Waals surface area contributed by atoms with Crippen molar-refractivity contribution in [2.24, 2.45) is 0 Å². The predicted molar refractivity (Wildman–Crippen MR) is 82.7 cm³/mol. The molecule has 0 amide bonds. The van der Waals surface area contributed by atoms with Crippen molar-refractivity contribution >= 4 is 5.69 Å². The van der Waals surface area contributed by atoms with Crippen LogP contribution in [0.15, 0.2) is 18.2 Å². The summed E-state index contributed by atoms with van der Waals surface area (Å²) in [5.74, 6) is 0. The number of nitrogens with zero attached hydrogens (tertiary/aromatic N) is 2. The van der Waals surface area contributed by atoms with Crippen LogP contribution < -0.4 is 5.73 Å². The lowest BCUT2D eigenvalue weighted by Crippen LogP contribution is -2.37. The molecule has 2 atom stereocenters. The summed E-state index contributed by atoms with van der Waals surface area (Å²) in [6.07, 6.45) is 6.62. The Labute approximate surface area is 121 Å². The largest absolute Gasteiger partial charge is 0.399 e. The molecular formula is C17H25N3. The number of nitrogens with two attached hydrogens (primary N) is 1. The summed E-state index contributed by atoms with van der Waals surface area (Å²) < 4.78 is 0. The number of benzene rings is 1. The van der Waals surface area contributed by atoms with E-state index in [0.29, 0.717) is 6.04 Å². The van der Waals surface area contributed by atoms with Gasteiger partial charge in [-0.05, 0) is 68.5 Å². The number of hydrogen-bond acceptors (Lipinski definition) is 3. The maximum Gasteiger partial charge on any atom is 0.0354 e. The Morgan fingerprint density at radius 1 is 1.00 bits per heavy atom. The van der Waals surface area contributed by atoms with Crippen molar-refractivity contribution in [1.82, 2.24) is 9.80 Å². The zero-order chi connectivity index (χ0) is 13.5. The molecule has 2 aliphatic heterocycles. The van der Waals surface area contributed by atoms with Crippen molar-refractivity contribution in [1.29, 1.82) is 0 Å². The number of rotatable bonds is 1. The fourth-order valence-corrected chi connectivity index (χ4v) is 4.51. The van der Waals surface area contributed by atoms with Gasteiger partial charge in [0.1, 0.15) is 0 Å². The Bertz CT molecular complexity index is 499. The average Bonchev–Trinajstić information content (AvgIpc) is 3.00. The third-order valence-electron chi connectivity index (χ3n) is 5.49. The van der Waals surface area contributed by atoms with Gasteiger partial charge in [0.15, 0.2) is 0 Å². The summed E-state index contributed by atoms with van der Waals surface area (Å²) in [6.45, 7) is 5.18. The van der Waals surface area contributed by atoms with E-state index in [1.807, 2.05) is 0 Å².